The summed E-state index contributed by atoms with van der Waals surface area (Å²) < 4.78 is 0. The molecule has 0 radical (unpaired) electrons. The molecule has 1 amide bonds. The Labute approximate surface area is 128 Å². The summed E-state index contributed by atoms with van der Waals surface area (Å²) in [6.07, 6.45) is 11.6. The number of hydrogen-bond donors (Lipinski definition) is 2. The van der Waals surface area contributed by atoms with E-state index in [1.54, 1.807) is 0 Å². The molecule has 1 fully saturated rings. The number of amides is 1. The van der Waals surface area contributed by atoms with Gasteiger partial charge in [0.1, 0.15) is 0 Å². The predicted molar refractivity (Wildman–Crippen MR) is 85.0 cm³/mol. The van der Waals surface area contributed by atoms with Gasteiger partial charge in [0, 0.05) is 19.7 Å². The number of aliphatic hydroxyl groups excluding tert-OH is 1. The average Bonchev–Trinajstić information content (AvgIpc) is 2.49. The van der Waals surface area contributed by atoms with Crippen LogP contribution >= 0.6 is 0 Å². The zero-order valence-electron chi connectivity index (χ0n) is 13.1. The molecule has 4 heteroatoms. The second-order valence-electron chi connectivity index (χ2n) is 6.46. The molecule has 120 valence electrons. The average molecular weight is 294 g/mol. The van der Waals surface area contributed by atoms with Crippen molar-refractivity contribution in [2.24, 2.45) is 5.92 Å². The summed E-state index contributed by atoms with van der Waals surface area (Å²) >= 11 is 0. The fraction of sp³-hybridized carbons (Fsp3) is 0.824. The van der Waals surface area contributed by atoms with Crippen LogP contribution in [-0.2, 0) is 4.79 Å². The number of piperidine rings is 1. The van der Waals surface area contributed by atoms with Gasteiger partial charge in [-0.25, -0.2) is 0 Å². The van der Waals surface area contributed by atoms with E-state index in [9.17, 15) is 4.79 Å². The van der Waals surface area contributed by atoms with E-state index in [0.29, 0.717) is 12.5 Å². The summed E-state index contributed by atoms with van der Waals surface area (Å²) in [5, 5.41) is 12.1. The van der Waals surface area contributed by atoms with Crippen molar-refractivity contribution < 1.29 is 9.90 Å². The first-order chi connectivity index (χ1) is 10.3. The van der Waals surface area contributed by atoms with Crippen molar-refractivity contribution in [2.75, 3.05) is 32.8 Å². The molecule has 0 aromatic rings. The molecule has 1 aliphatic carbocycles. The number of allylic oxidation sites excluding steroid dienone is 1. The summed E-state index contributed by atoms with van der Waals surface area (Å²) in [6.45, 7) is 3.53. The Kier molecular flexibility index (Phi) is 7.24. The van der Waals surface area contributed by atoms with Crippen LogP contribution < -0.4 is 5.32 Å². The van der Waals surface area contributed by atoms with Crippen molar-refractivity contribution in [3.8, 4) is 0 Å². The van der Waals surface area contributed by atoms with E-state index >= 15 is 0 Å². The SMILES string of the molecule is O=C(CN1CCCC(CCO)C1)NCCC1=CCCCC1. The van der Waals surface area contributed by atoms with Crippen molar-refractivity contribution in [3.63, 3.8) is 0 Å². The Morgan fingerprint density at radius 3 is 3.05 bits per heavy atom. The molecule has 4 nitrogen and oxygen atoms in total. The zero-order chi connectivity index (χ0) is 14.9. The highest BCUT2D eigenvalue weighted by Crippen LogP contribution is 2.20. The predicted octanol–water partition coefficient (Wildman–Crippen LogP) is 2.09. The number of aliphatic hydroxyl groups is 1. The molecular formula is C17H30N2O2. The van der Waals surface area contributed by atoms with E-state index in [1.165, 1.54) is 37.7 Å². The molecule has 2 rings (SSSR count). The summed E-state index contributed by atoms with van der Waals surface area (Å²) in [4.78, 5) is 14.2. The van der Waals surface area contributed by atoms with Crippen LogP contribution in [-0.4, -0.2) is 48.7 Å². The normalized spacial score (nSPS) is 23.7. The van der Waals surface area contributed by atoms with E-state index in [-0.39, 0.29) is 12.5 Å². The van der Waals surface area contributed by atoms with E-state index in [0.717, 1.165) is 38.9 Å². The van der Waals surface area contributed by atoms with Crippen LogP contribution in [0, 0.1) is 5.92 Å². The minimum absolute atomic E-state index is 0.149. The molecule has 21 heavy (non-hydrogen) atoms. The molecule has 1 aliphatic heterocycles. The number of nitrogens with zero attached hydrogens (tertiary/aromatic N) is 1. The third kappa shape index (κ3) is 6.18. The van der Waals surface area contributed by atoms with Crippen molar-refractivity contribution in [2.45, 2.75) is 51.4 Å². The summed E-state index contributed by atoms with van der Waals surface area (Å²) in [5.74, 6) is 0.708. The van der Waals surface area contributed by atoms with E-state index in [2.05, 4.69) is 16.3 Å². The number of likely N-dealkylation sites (tertiary alicyclic amines) is 1. The van der Waals surface area contributed by atoms with Crippen LogP contribution in [0.4, 0.5) is 0 Å². The van der Waals surface area contributed by atoms with E-state index in [1.807, 2.05) is 0 Å². The number of nitrogens with one attached hydrogen (secondary N) is 1. The first kappa shape index (κ1) is 16.5. The van der Waals surface area contributed by atoms with Gasteiger partial charge < -0.3 is 10.4 Å². The first-order valence-electron chi connectivity index (χ1n) is 8.55. The van der Waals surface area contributed by atoms with E-state index in [4.69, 9.17) is 5.11 Å². The van der Waals surface area contributed by atoms with Crippen molar-refractivity contribution in [3.05, 3.63) is 11.6 Å². The Balaban J connectivity index is 1.61. The standard InChI is InChI=1S/C17H30N2O2/c20-12-9-16-7-4-11-19(13-16)14-17(21)18-10-8-15-5-2-1-3-6-15/h5,16,20H,1-4,6-14H2,(H,18,21). The molecule has 1 atom stereocenters. The van der Waals surface area contributed by atoms with Gasteiger partial charge in [-0.2, -0.15) is 0 Å². The quantitative estimate of drug-likeness (QED) is 0.707. The van der Waals surface area contributed by atoms with Crippen molar-refractivity contribution in [1.82, 2.24) is 10.2 Å². The molecule has 2 N–H and O–H groups in total. The fourth-order valence-electron chi connectivity index (χ4n) is 3.47. The van der Waals surface area contributed by atoms with Crippen LogP contribution in [0.3, 0.4) is 0 Å². The Bertz CT molecular complexity index is 353. The number of carbonyl (C=O) groups excluding carboxylic acids is 1. The monoisotopic (exact) mass is 294 g/mol. The Morgan fingerprint density at radius 2 is 2.29 bits per heavy atom. The van der Waals surface area contributed by atoms with Gasteiger partial charge in [0.05, 0.1) is 6.54 Å². The van der Waals surface area contributed by atoms with E-state index < -0.39 is 0 Å². The molecule has 0 spiro atoms. The van der Waals surface area contributed by atoms with Gasteiger partial charge in [-0.3, -0.25) is 9.69 Å². The largest absolute Gasteiger partial charge is 0.396 e. The summed E-state index contributed by atoms with van der Waals surface area (Å²) in [7, 11) is 0. The van der Waals surface area contributed by atoms with Crippen LogP contribution in [0.1, 0.15) is 51.4 Å². The fourth-order valence-corrected chi connectivity index (χ4v) is 3.47. The molecule has 0 saturated carbocycles. The second kappa shape index (κ2) is 9.21. The number of carbonyl (C=O) groups is 1. The topological polar surface area (TPSA) is 52.6 Å². The van der Waals surface area contributed by atoms with Crippen LogP contribution in [0.2, 0.25) is 0 Å². The maximum atomic E-state index is 12.0. The molecule has 1 heterocycles. The van der Waals surface area contributed by atoms with Gasteiger partial charge in [-0.15, -0.1) is 0 Å². The van der Waals surface area contributed by atoms with Crippen LogP contribution in [0.25, 0.3) is 0 Å². The molecule has 0 aromatic heterocycles. The van der Waals surface area contributed by atoms with Gasteiger partial charge in [0.25, 0.3) is 0 Å². The number of hydrogen-bond acceptors (Lipinski definition) is 3. The highest BCUT2D eigenvalue weighted by atomic mass is 16.3. The Morgan fingerprint density at radius 1 is 1.38 bits per heavy atom. The van der Waals surface area contributed by atoms with Crippen molar-refractivity contribution in [1.29, 1.82) is 0 Å². The van der Waals surface area contributed by atoms with Gasteiger partial charge >= 0.3 is 0 Å². The molecule has 0 bridgehead atoms. The van der Waals surface area contributed by atoms with Gasteiger partial charge in [-0.05, 0) is 63.8 Å². The maximum absolute atomic E-state index is 12.0. The summed E-state index contributed by atoms with van der Waals surface area (Å²) in [5.41, 5.74) is 1.52. The lowest BCUT2D eigenvalue weighted by atomic mass is 9.95. The maximum Gasteiger partial charge on any atom is 0.234 e. The lowest BCUT2D eigenvalue weighted by Gasteiger charge is -2.31. The first-order valence-corrected chi connectivity index (χ1v) is 8.55. The highest BCUT2D eigenvalue weighted by Gasteiger charge is 2.20. The smallest absolute Gasteiger partial charge is 0.234 e. The van der Waals surface area contributed by atoms with Gasteiger partial charge in [-0.1, -0.05) is 11.6 Å². The molecule has 1 saturated heterocycles. The molecular weight excluding hydrogens is 264 g/mol. The second-order valence-corrected chi connectivity index (χ2v) is 6.46. The third-order valence-corrected chi connectivity index (χ3v) is 4.66. The minimum Gasteiger partial charge on any atom is -0.396 e. The molecule has 2 aliphatic rings. The van der Waals surface area contributed by atoms with Crippen LogP contribution in [0.15, 0.2) is 11.6 Å². The third-order valence-electron chi connectivity index (χ3n) is 4.66. The van der Waals surface area contributed by atoms with Gasteiger partial charge in [0.2, 0.25) is 5.91 Å². The van der Waals surface area contributed by atoms with Crippen molar-refractivity contribution >= 4 is 5.91 Å². The molecule has 1 unspecified atom stereocenters. The Hall–Kier alpha value is -0.870. The lowest BCUT2D eigenvalue weighted by Crippen LogP contribution is -2.42. The van der Waals surface area contributed by atoms with Gasteiger partial charge in [0.15, 0.2) is 0 Å². The summed E-state index contributed by atoms with van der Waals surface area (Å²) in [6, 6.07) is 0. The highest BCUT2D eigenvalue weighted by molar-refractivity contribution is 5.78. The zero-order valence-corrected chi connectivity index (χ0v) is 13.1. The number of rotatable bonds is 7. The van der Waals surface area contributed by atoms with Crippen LogP contribution in [0.5, 0.6) is 0 Å². The molecule has 0 aromatic carbocycles. The minimum atomic E-state index is 0.149. The lowest BCUT2D eigenvalue weighted by molar-refractivity contribution is -0.122.